The Bertz CT molecular complexity index is 3060. The highest BCUT2D eigenvalue weighted by molar-refractivity contribution is 7.81. The van der Waals surface area contributed by atoms with Crippen LogP contribution in [0.3, 0.4) is 0 Å². The number of nitrogens with one attached hydrogen (secondary N) is 4. The number of aryl methyl sites for hydroxylation is 1. The van der Waals surface area contributed by atoms with E-state index in [0.717, 1.165) is 22.6 Å². The van der Waals surface area contributed by atoms with Crippen molar-refractivity contribution in [3.05, 3.63) is 135 Å². The number of rotatable bonds is 12. The molecule has 2 aliphatic heterocycles. The Hall–Kier alpha value is -7.60. The molecule has 21 heteroatoms. The predicted octanol–water partition coefficient (Wildman–Crippen LogP) is 7.36. The van der Waals surface area contributed by atoms with Crippen LogP contribution >= 0.6 is 12.2 Å². The van der Waals surface area contributed by atoms with E-state index in [2.05, 4.69) is 36.2 Å². The van der Waals surface area contributed by atoms with Gasteiger partial charge in [-0.1, -0.05) is 18.6 Å². The van der Waals surface area contributed by atoms with Gasteiger partial charge in [-0.25, -0.2) is 18.9 Å². The molecular weight excluding hydrogens is 886 g/mol. The third kappa shape index (κ3) is 8.30. The smallest absolute Gasteiger partial charge is 0.376 e. The van der Waals surface area contributed by atoms with Crippen LogP contribution in [0.2, 0.25) is 0 Å². The minimum atomic E-state index is -4.88. The van der Waals surface area contributed by atoms with Crippen LogP contribution in [0.5, 0.6) is 0 Å². The van der Waals surface area contributed by atoms with Gasteiger partial charge in [-0.05, 0) is 105 Å². The number of halogens is 5. The number of H-pyrrole nitrogens is 1. The van der Waals surface area contributed by atoms with Crippen molar-refractivity contribution < 1.29 is 36.3 Å². The van der Waals surface area contributed by atoms with Crippen molar-refractivity contribution in [1.82, 2.24) is 30.3 Å². The summed E-state index contributed by atoms with van der Waals surface area (Å²) in [5.74, 6) is -3.11. The summed E-state index contributed by atoms with van der Waals surface area (Å²) in [6.07, 6.45) is -1.74. The lowest BCUT2D eigenvalue weighted by Crippen LogP contribution is -2.44. The molecule has 0 aliphatic carbocycles. The molecule has 4 heterocycles. The molecule has 4 aromatic carbocycles. The summed E-state index contributed by atoms with van der Waals surface area (Å²) in [4.78, 5) is 58.6. The van der Waals surface area contributed by atoms with E-state index < -0.39 is 63.8 Å². The molecule has 4 N–H and O–H groups in total. The number of hydrogen-bond donors (Lipinski definition) is 4. The molecule has 0 radical (unpaired) electrons. The normalized spacial score (nSPS) is 16.6. The summed E-state index contributed by atoms with van der Waals surface area (Å²) in [6, 6.07) is 17.0. The molecule has 1 fully saturated rings. The van der Waals surface area contributed by atoms with Gasteiger partial charge in [0.1, 0.15) is 29.3 Å². The molecule has 6 aromatic rings. The monoisotopic (exact) mass is 923 g/mol. The first kappa shape index (κ1) is 45.0. The molecule has 338 valence electrons. The fourth-order valence-electron chi connectivity index (χ4n) is 8.34. The van der Waals surface area contributed by atoms with Crippen molar-refractivity contribution in [2.75, 3.05) is 27.0 Å². The van der Waals surface area contributed by atoms with Crippen LogP contribution in [-0.4, -0.2) is 59.9 Å². The van der Waals surface area contributed by atoms with Crippen LogP contribution in [0.15, 0.2) is 83.9 Å². The van der Waals surface area contributed by atoms with Gasteiger partial charge >= 0.3 is 6.18 Å². The zero-order valence-electron chi connectivity index (χ0n) is 35.3. The Balaban J connectivity index is 0.834. The highest BCUT2D eigenvalue weighted by atomic mass is 32.1. The van der Waals surface area contributed by atoms with Crippen molar-refractivity contribution in [3.63, 3.8) is 0 Å². The van der Waals surface area contributed by atoms with E-state index in [1.54, 1.807) is 23.9 Å². The lowest BCUT2D eigenvalue weighted by Gasteiger charge is -2.33. The minimum Gasteiger partial charge on any atom is -0.376 e. The lowest BCUT2D eigenvalue weighted by molar-refractivity contribution is -0.137. The standard InChI is InChI=1S/C45H38F5N11O4S/c1-44(2)42(65)60(27-13-10-24(21-51)31(19-27)45(48,49)50)43(66)61(44)28-14-15-29(32(47)20-28)40(63)52-16-6-4-5-7-34(62)55-26-11-8-23(9-12-26)37-36(39-53-22-54-59(39)3)38-35-30(41(64)58-57-38)17-25(46)18-33(35)56-37/h8-15,17-20,22,36-37,56H,4-7,16H2,1-3H3,(H,52,63)(H,55,62)(H,58,64)/t36-,37-/m1/s1. The quantitative estimate of drug-likeness (QED) is 0.0544. The maximum atomic E-state index is 15.5. The molecule has 0 unspecified atom stereocenters. The molecule has 2 atom stereocenters. The fraction of sp³-hybridized carbons (Fsp3) is 0.267. The number of unbranched alkanes of at least 4 members (excludes halogenated alkanes) is 2. The van der Waals surface area contributed by atoms with Crippen LogP contribution in [0, 0.1) is 23.0 Å². The number of hydrogen-bond acceptors (Lipinski definition) is 10. The molecule has 3 amide bonds. The van der Waals surface area contributed by atoms with Crippen LogP contribution in [0.25, 0.3) is 10.8 Å². The Morgan fingerprint density at radius 2 is 1.71 bits per heavy atom. The second kappa shape index (κ2) is 17.4. The van der Waals surface area contributed by atoms with E-state index >= 15 is 4.39 Å². The molecule has 2 aliphatic rings. The summed E-state index contributed by atoms with van der Waals surface area (Å²) in [5.41, 5.74) is -2.07. The molecular formula is C45H38F5N11O4S. The van der Waals surface area contributed by atoms with Gasteiger partial charge in [0.05, 0.1) is 51.5 Å². The van der Waals surface area contributed by atoms with Gasteiger partial charge < -0.3 is 20.9 Å². The number of anilines is 4. The summed E-state index contributed by atoms with van der Waals surface area (Å²) >= 11 is 5.52. The average Bonchev–Trinajstić information content (AvgIpc) is 3.77. The molecule has 0 saturated carbocycles. The van der Waals surface area contributed by atoms with E-state index in [4.69, 9.17) is 12.2 Å². The zero-order valence-corrected chi connectivity index (χ0v) is 36.1. The number of aromatic amines is 1. The molecule has 1 saturated heterocycles. The number of aromatic nitrogens is 5. The number of carbonyl (C=O) groups is 3. The molecule has 15 nitrogen and oxygen atoms in total. The zero-order chi connectivity index (χ0) is 47.2. The van der Waals surface area contributed by atoms with Gasteiger partial charge in [-0.2, -0.15) is 28.6 Å². The van der Waals surface area contributed by atoms with E-state index in [-0.39, 0.29) is 46.3 Å². The highest BCUT2D eigenvalue weighted by Crippen LogP contribution is 2.46. The van der Waals surface area contributed by atoms with Gasteiger partial charge in [0.25, 0.3) is 17.4 Å². The van der Waals surface area contributed by atoms with Crippen molar-refractivity contribution in [2.45, 2.75) is 63.2 Å². The Labute approximate surface area is 377 Å². The van der Waals surface area contributed by atoms with Gasteiger partial charge in [-0.3, -0.25) is 28.8 Å². The maximum absolute atomic E-state index is 15.5. The number of nitriles is 1. The fourth-order valence-corrected chi connectivity index (χ4v) is 8.86. The second-order valence-electron chi connectivity index (χ2n) is 16.2. The Kier molecular flexibility index (Phi) is 11.9. The van der Waals surface area contributed by atoms with Crippen molar-refractivity contribution in [2.24, 2.45) is 7.05 Å². The minimum absolute atomic E-state index is 0.0844. The summed E-state index contributed by atoms with van der Waals surface area (Å²) in [5, 5.41) is 29.6. The number of nitrogens with zero attached hydrogens (tertiary/aromatic N) is 7. The van der Waals surface area contributed by atoms with Crippen LogP contribution < -0.4 is 31.3 Å². The number of alkyl halides is 3. The number of benzene rings is 4. The molecule has 0 spiro atoms. The van der Waals surface area contributed by atoms with E-state index in [1.165, 1.54) is 61.5 Å². The van der Waals surface area contributed by atoms with Crippen molar-refractivity contribution in [3.8, 4) is 6.07 Å². The van der Waals surface area contributed by atoms with Crippen molar-refractivity contribution in [1.29, 1.82) is 5.26 Å². The highest BCUT2D eigenvalue weighted by Gasteiger charge is 2.51. The van der Waals surface area contributed by atoms with Crippen LogP contribution in [0.4, 0.5) is 44.7 Å². The molecule has 2 aromatic heterocycles. The number of amides is 3. The number of thiocarbonyl (C=S) groups is 1. The summed E-state index contributed by atoms with van der Waals surface area (Å²) < 4.78 is 72.9. The van der Waals surface area contributed by atoms with E-state index in [1.807, 2.05) is 12.1 Å². The van der Waals surface area contributed by atoms with Gasteiger partial charge in [-0.15, -0.1) is 0 Å². The first-order valence-electron chi connectivity index (χ1n) is 20.5. The third-order valence-electron chi connectivity index (χ3n) is 11.6. The van der Waals surface area contributed by atoms with E-state index in [0.29, 0.717) is 53.6 Å². The predicted molar refractivity (Wildman–Crippen MR) is 237 cm³/mol. The third-order valence-corrected chi connectivity index (χ3v) is 11.9. The van der Waals surface area contributed by atoms with Crippen LogP contribution in [-0.2, 0) is 22.8 Å². The first-order chi connectivity index (χ1) is 31.4. The summed E-state index contributed by atoms with van der Waals surface area (Å²) in [6.45, 7) is 3.12. The van der Waals surface area contributed by atoms with Gasteiger partial charge in [0, 0.05) is 42.5 Å². The first-order valence-corrected chi connectivity index (χ1v) is 20.9. The Morgan fingerprint density at radius 3 is 2.39 bits per heavy atom. The second-order valence-corrected chi connectivity index (χ2v) is 16.6. The lowest BCUT2D eigenvalue weighted by atomic mass is 9.83. The van der Waals surface area contributed by atoms with Crippen molar-refractivity contribution >= 4 is 68.6 Å². The topological polar surface area (TPSA) is 194 Å². The van der Waals surface area contributed by atoms with Gasteiger partial charge in [0.15, 0.2) is 5.11 Å². The van der Waals surface area contributed by atoms with Crippen LogP contribution in [0.1, 0.15) is 90.1 Å². The average molecular weight is 924 g/mol. The molecule has 0 bridgehead atoms. The summed E-state index contributed by atoms with van der Waals surface area (Å²) in [7, 11) is 1.74. The van der Waals surface area contributed by atoms with E-state index in [9.17, 15) is 42.0 Å². The maximum Gasteiger partial charge on any atom is 0.417 e. The molecule has 8 rings (SSSR count). The number of carbonyl (C=O) groups excluding carboxylic acids is 3. The SMILES string of the molecule is Cn1ncnc1[C@H]1c2n[nH]c(=O)c3cc(F)cc(c23)N[C@@H]1c1ccc(NC(=O)CCCCCNC(=O)c2ccc(N3C(=S)N(c4ccc(C#N)c(C(F)(F)F)c4)C(=O)C3(C)C)cc2F)cc1. The Morgan fingerprint density at radius 1 is 0.970 bits per heavy atom. The van der Waals surface area contributed by atoms with Gasteiger partial charge in [0.2, 0.25) is 5.91 Å². The molecule has 66 heavy (non-hydrogen) atoms. The largest absolute Gasteiger partial charge is 0.417 e.